The first-order valence-electron chi connectivity index (χ1n) is 10.4. The SMILES string of the molecule is Cn1cc(C(=O)N[C@@H]2CCC[C@H](Nc3nn(CC(F)(F)F)c(=O)c4ccc(Cl)cc34)C2)cn1. The van der Waals surface area contributed by atoms with Crippen LogP contribution in [0.15, 0.2) is 35.4 Å². The van der Waals surface area contributed by atoms with Crippen LogP contribution >= 0.6 is 11.6 Å². The second-order valence-corrected chi connectivity index (χ2v) is 8.63. The molecular weight excluding hydrogens is 461 g/mol. The quantitative estimate of drug-likeness (QED) is 0.580. The Labute approximate surface area is 191 Å². The summed E-state index contributed by atoms with van der Waals surface area (Å²) in [7, 11) is 1.72. The maximum atomic E-state index is 13.0. The number of nitrogens with zero attached hydrogens (tertiary/aromatic N) is 4. The minimum absolute atomic E-state index is 0.0957. The molecule has 1 aliphatic carbocycles. The summed E-state index contributed by atoms with van der Waals surface area (Å²) >= 11 is 6.07. The Morgan fingerprint density at radius 3 is 2.70 bits per heavy atom. The van der Waals surface area contributed by atoms with Crippen molar-refractivity contribution in [3.63, 3.8) is 0 Å². The zero-order chi connectivity index (χ0) is 23.8. The normalized spacial score (nSPS) is 18.9. The van der Waals surface area contributed by atoms with Crippen LogP contribution in [0.2, 0.25) is 5.02 Å². The van der Waals surface area contributed by atoms with E-state index >= 15 is 0 Å². The van der Waals surface area contributed by atoms with E-state index in [-0.39, 0.29) is 29.2 Å². The fourth-order valence-electron chi connectivity index (χ4n) is 4.09. The van der Waals surface area contributed by atoms with Crippen LogP contribution in [-0.2, 0) is 13.6 Å². The number of rotatable bonds is 5. The maximum Gasteiger partial charge on any atom is 0.408 e. The number of nitrogens with one attached hydrogen (secondary N) is 2. The molecule has 1 amide bonds. The van der Waals surface area contributed by atoms with E-state index in [0.717, 1.165) is 19.3 Å². The van der Waals surface area contributed by atoms with Gasteiger partial charge in [-0.2, -0.15) is 23.4 Å². The van der Waals surface area contributed by atoms with Crippen LogP contribution in [0.1, 0.15) is 36.0 Å². The molecule has 0 radical (unpaired) electrons. The third-order valence-corrected chi connectivity index (χ3v) is 5.80. The molecule has 4 rings (SSSR count). The monoisotopic (exact) mass is 482 g/mol. The van der Waals surface area contributed by atoms with Gasteiger partial charge in [0.25, 0.3) is 11.5 Å². The number of halogens is 4. The van der Waals surface area contributed by atoms with Crippen molar-refractivity contribution in [1.29, 1.82) is 0 Å². The lowest BCUT2D eigenvalue weighted by Crippen LogP contribution is -2.42. The largest absolute Gasteiger partial charge is 0.408 e. The van der Waals surface area contributed by atoms with E-state index in [1.807, 2.05) is 0 Å². The van der Waals surface area contributed by atoms with Gasteiger partial charge in [-0.15, -0.1) is 0 Å². The third-order valence-electron chi connectivity index (χ3n) is 5.57. The standard InChI is InChI=1S/C21H22ClF3N6O2/c1-30-10-12(9-26-30)19(32)28-15-4-2-3-14(8-15)27-18-17-7-13(22)5-6-16(17)20(33)31(29-18)11-21(23,24)25/h5-7,9-10,14-15H,2-4,8,11H2,1H3,(H,27,29)(H,28,32)/t14-,15+/m0/s1. The highest BCUT2D eigenvalue weighted by molar-refractivity contribution is 6.31. The Kier molecular flexibility index (Phi) is 6.33. The van der Waals surface area contributed by atoms with E-state index in [2.05, 4.69) is 20.8 Å². The average molecular weight is 483 g/mol. The van der Waals surface area contributed by atoms with Crippen molar-refractivity contribution < 1.29 is 18.0 Å². The van der Waals surface area contributed by atoms with Gasteiger partial charge in [0.05, 0.1) is 17.1 Å². The predicted molar refractivity (Wildman–Crippen MR) is 117 cm³/mol. The number of carbonyl (C=O) groups excluding carboxylic acids is 1. The van der Waals surface area contributed by atoms with Crippen molar-refractivity contribution in [2.45, 2.75) is 50.5 Å². The molecule has 1 saturated carbocycles. The summed E-state index contributed by atoms with van der Waals surface area (Å²) in [6.07, 6.45) is 1.37. The van der Waals surface area contributed by atoms with Crippen LogP contribution in [0, 0.1) is 0 Å². The predicted octanol–water partition coefficient (Wildman–Crippen LogP) is 3.50. The minimum Gasteiger partial charge on any atom is -0.365 e. The number of carbonyl (C=O) groups is 1. The molecule has 0 unspecified atom stereocenters. The van der Waals surface area contributed by atoms with Gasteiger partial charge in [0.2, 0.25) is 0 Å². The lowest BCUT2D eigenvalue weighted by Gasteiger charge is -2.31. The van der Waals surface area contributed by atoms with Crippen LogP contribution in [0.5, 0.6) is 0 Å². The van der Waals surface area contributed by atoms with Crippen LogP contribution in [0.3, 0.4) is 0 Å². The van der Waals surface area contributed by atoms with Gasteiger partial charge in [0, 0.05) is 35.7 Å². The molecule has 1 aliphatic rings. The second-order valence-electron chi connectivity index (χ2n) is 8.20. The lowest BCUT2D eigenvalue weighted by atomic mass is 9.90. The molecule has 8 nitrogen and oxygen atoms in total. The fraction of sp³-hybridized carbons (Fsp3) is 0.429. The molecule has 0 bridgehead atoms. The van der Waals surface area contributed by atoms with Crippen molar-refractivity contribution in [2.24, 2.45) is 7.05 Å². The highest BCUT2D eigenvalue weighted by Crippen LogP contribution is 2.27. The summed E-state index contributed by atoms with van der Waals surface area (Å²) in [5, 5.41) is 14.9. The molecule has 3 aromatic rings. The van der Waals surface area contributed by atoms with Gasteiger partial charge in [-0.05, 0) is 43.9 Å². The number of benzene rings is 1. The van der Waals surface area contributed by atoms with Gasteiger partial charge in [-0.3, -0.25) is 14.3 Å². The molecule has 176 valence electrons. The van der Waals surface area contributed by atoms with E-state index in [4.69, 9.17) is 11.6 Å². The third kappa shape index (κ3) is 5.47. The molecule has 0 saturated heterocycles. The molecule has 1 fully saturated rings. The fourth-order valence-corrected chi connectivity index (χ4v) is 4.27. The number of amides is 1. The van der Waals surface area contributed by atoms with E-state index in [0.29, 0.717) is 27.1 Å². The Bertz CT molecular complexity index is 1240. The molecule has 1 aromatic carbocycles. The summed E-state index contributed by atoms with van der Waals surface area (Å²) < 4.78 is 41.0. The lowest BCUT2D eigenvalue weighted by molar-refractivity contribution is -0.143. The van der Waals surface area contributed by atoms with Crippen molar-refractivity contribution in [1.82, 2.24) is 24.9 Å². The smallest absolute Gasteiger partial charge is 0.365 e. The van der Waals surface area contributed by atoms with Gasteiger partial charge in [0.1, 0.15) is 6.54 Å². The first-order chi connectivity index (χ1) is 15.6. The summed E-state index contributed by atoms with van der Waals surface area (Å²) in [5.74, 6) is -0.0802. The summed E-state index contributed by atoms with van der Waals surface area (Å²) in [6.45, 7) is -1.49. The number of hydrogen-bond donors (Lipinski definition) is 2. The first-order valence-corrected chi connectivity index (χ1v) is 10.8. The van der Waals surface area contributed by atoms with Gasteiger partial charge >= 0.3 is 6.18 Å². The molecule has 0 spiro atoms. The summed E-state index contributed by atoms with van der Waals surface area (Å²) in [6, 6.07) is 4.08. The van der Waals surface area contributed by atoms with E-state index < -0.39 is 18.3 Å². The van der Waals surface area contributed by atoms with E-state index in [1.54, 1.807) is 13.2 Å². The Hall–Kier alpha value is -3.08. The van der Waals surface area contributed by atoms with Gasteiger partial charge in [0.15, 0.2) is 5.82 Å². The Balaban J connectivity index is 1.57. The molecule has 2 heterocycles. The number of anilines is 1. The van der Waals surface area contributed by atoms with Gasteiger partial charge in [-0.25, -0.2) is 4.68 Å². The van der Waals surface area contributed by atoms with Gasteiger partial charge in [-0.1, -0.05) is 11.6 Å². The number of aromatic nitrogens is 4. The molecule has 12 heteroatoms. The molecule has 2 N–H and O–H groups in total. The zero-order valence-corrected chi connectivity index (χ0v) is 18.5. The molecule has 2 atom stereocenters. The van der Waals surface area contributed by atoms with Crippen LogP contribution in [0.4, 0.5) is 19.0 Å². The summed E-state index contributed by atoms with van der Waals surface area (Å²) in [4.78, 5) is 25.0. The molecule has 0 aliphatic heterocycles. The molecule has 2 aromatic heterocycles. The average Bonchev–Trinajstić information content (AvgIpc) is 3.17. The zero-order valence-electron chi connectivity index (χ0n) is 17.7. The van der Waals surface area contributed by atoms with Gasteiger partial charge < -0.3 is 10.6 Å². The Morgan fingerprint density at radius 1 is 1.24 bits per heavy atom. The van der Waals surface area contributed by atoms with E-state index in [9.17, 15) is 22.8 Å². The number of alkyl halides is 3. The number of aryl methyl sites for hydroxylation is 1. The Morgan fingerprint density at radius 2 is 2.00 bits per heavy atom. The van der Waals surface area contributed by atoms with Crippen LogP contribution < -0.4 is 16.2 Å². The molecular formula is C21H22ClF3N6O2. The van der Waals surface area contributed by atoms with E-state index in [1.165, 1.54) is 29.1 Å². The van der Waals surface area contributed by atoms with Crippen LogP contribution in [0.25, 0.3) is 10.8 Å². The highest BCUT2D eigenvalue weighted by atomic mass is 35.5. The number of hydrogen-bond acceptors (Lipinski definition) is 5. The second kappa shape index (κ2) is 9.05. The molecule has 33 heavy (non-hydrogen) atoms. The van der Waals surface area contributed by atoms with Crippen molar-refractivity contribution in [2.75, 3.05) is 5.32 Å². The number of fused-ring (bicyclic) bond motifs is 1. The van der Waals surface area contributed by atoms with Crippen molar-refractivity contribution >= 4 is 34.1 Å². The topological polar surface area (TPSA) is 93.8 Å². The summed E-state index contributed by atoms with van der Waals surface area (Å²) in [5.41, 5.74) is -0.385. The highest BCUT2D eigenvalue weighted by Gasteiger charge is 2.31. The van der Waals surface area contributed by atoms with Crippen molar-refractivity contribution in [3.8, 4) is 0 Å². The van der Waals surface area contributed by atoms with Crippen molar-refractivity contribution in [3.05, 3.63) is 51.5 Å². The van der Waals surface area contributed by atoms with Crippen LogP contribution in [-0.4, -0.2) is 43.7 Å². The first kappa shape index (κ1) is 23.1. The minimum atomic E-state index is -4.60. The maximum absolute atomic E-state index is 13.0.